The van der Waals surface area contributed by atoms with Crippen LogP contribution in [0.5, 0.6) is 0 Å². The Morgan fingerprint density at radius 2 is 1.89 bits per heavy atom. The second kappa shape index (κ2) is 8.20. The van der Waals surface area contributed by atoms with Gasteiger partial charge in [-0.15, -0.1) is 0 Å². The number of hydrogen-bond donors (Lipinski definition) is 3. The van der Waals surface area contributed by atoms with Gasteiger partial charge in [-0.1, -0.05) is 36.4 Å². The number of para-hydroxylation sites is 2. The van der Waals surface area contributed by atoms with E-state index >= 15 is 0 Å². The molecule has 142 valence electrons. The summed E-state index contributed by atoms with van der Waals surface area (Å²) in [4.78, 5) is 26.8. The number of amides is 3. The van der Waals surface area contributed by atoms with Gasteiger partial charge in [-0.2, -0.15) is 0 Å². The van der Waals surface area contributed by atoms with E-state index in [1.54, 1.807) is 54.6 Å². The number of ether oxygens (including phenoxy) is 1. The van der Waals surface area contributed by atoms with Crippen LogP contribution in [-0.4, -0.2) is 36.8 Å². The third kappa shape index (κ3) is 3.65. The maximum atomic E-state index is 13.0. The Morgan fingerprint density at radius 1 is 1.19 bits per heavy atom. The summed E-state index contributed by atoms with van der Waals surface area (Å²) < 4.78 is 5.26. The van der Waals surface area contributed by atoms with Crippen molar-refractivity contribution in [3.63, 3.8) is 0 Å². The van der Waals surface area contributed by atoms with Crippen LogP contribution in [0.25, 0.3) is 0 Å². The number of urea groups is 1. The molecule has 0 fully saturated rings. The average molecular weight is 369 g/mol. The Bertz CT molecular complexity index is 812. The molecule has 1 aliphatic heterocycles. The van der Waals surface area contributed by atoms with Crippen LogP contribution in [0.3, 0.4) is 0 Å². The van der Waals surface area contributed by atoms with Crippen molar-refractivity contribution in [2.75, 3.05) is 30.0 Å². The minimum absolute atomic E-state index is 0.316. The fourth-order valence-electron chi connectivity index (χ4n) is 3.08. The van der Waals surface area contributed by atoms with Crippen LogP contribution in [0, 0.1) is 0 Å². The van der Waals surface area contributed by atoms with Crippen LogP contribution in [-0.2, 0) is 15.3 Å². The summed E-state index contributed by atoms with van der Waals surface area (Å²) in [7, 11) is 0. The fourth-order valence-corrected chi connectivity index (χ4v) is 3.08. The number of aliphatic hydroxyl groups is 1. The number of hydrogen-bond acceptors (Lipinski definition) is 4. The molecule has 0 bridgehead atoms. The van der Waals surface area contributed by atoms with E-state index in [9.17, 15) is 14.7 Å². The van der Waals surface area contributed by atoms with Gasteiger partial charge >= 0.3 is 6.03 Å². The summed E-state index contributed by atoms with van der Waals surface area (Å²) in [6, 6.07) is 14.8. The molecular weight excluding hydrogens is 346 g/mol. The summed E-state index contributed by atoms with van der Waals surface area (Å²) in [5.41, 5.74) is -1.03. The van der Waals surface area contributed by atoms with E-state index in [1.165, 1.54) is 0 Å². The van der Waals surface area contributed by atoms with E-state index in [2.05, 4.69) is 10.6 Å². The first kappa shape index (κ1) is 18.9. The highest BCUT2D eigenvalue weighted by molar-refractivity contribution is 6.11. The van der Waals surface area contributed by atoms with Gasteiger partial charge in [0, 0.05) is 31.0 Å². The molecule has 0 saturated carbocycles. The first-order valence-electron chi connectivity index (χ1n) is 8.93. The van der Waals surface area contributed by atoms with Crippen LogP contribution in [0.2, 0.25) is 0 Å². The van der Waals surface area contributed by atoms with Crippen molar-refractivity contribution in [2.45, 2.75) is 19.1 Å². The Balaban J connectivity index is 1.95. The highest BCUT2D eigenvalue weighted by Gasteiger charge is 2.51. The van der Waals surface area contributed by atoms with E-state index in [4.69, 9.17) is 4.74 Å². The summed E-state index contributed by atoms with van der Waals surface area (Å²) >= 11 is 0. The molecule has 3 amide bonds. The van der Waals surface area contributed by atoms with Gasteiger partial charge in [-0.05, 0) is 31.5 Å². The molecule has 2 aromatic carbocycles. The topological polar surface area (TPSA) is 90.9 Å². The molecular formula is C20H23N3O4. The van der Waals surface area contributed by atoms with Crippen molar-refractivity contribution in [1.29, 1.82) is 0 Å². The Labute approximate surface area is 157 Å². The minimum atomic E-state index is -2.16. The van der Waals surface area contributed by atoms with Crippen molar-refractivity contribution >= 4 is 23.3 Å². The number of carbonyl (C=O) groups is 2. The first-order chi connectivity index (χ1) is 13.1. The average Bonchev–Trinajstić information content (AvgIpc) is 2.68. The molecule has 0 unspecified atom stereocenters. The quantitative estimate of drug-likeness (QED) is 0.654. The van der Waals surface area contributed by atoms with Gasteiger partial charge in [0.25, 0.3) is 11.6 Å². The van der Waals surface area contributed by atoms with E-state index in [0.29, 0.717) is 43.1 Å². The number of carbonyl (C=O) groups excluding carboxylic acids is 2. The smallest absolute Gasteiger partial charge is 0.329 e. The standard InChI is InChI=1S/C20H23N3O4/c1-2-27-14-8-13-21-18(24)20(26)16-11-6-7-12-17(16)22-19(25)23(20)15-9-4-3-5-10-15/h3-7,9-12,26H,2,8,13-14H2,1H3,(H,21,24)(H,22,25)/t20-/m1/s1. The summed E-state index contributed by atoms with van der Waals surface area (Å²) in [6.45, 7) is 3.34. The Kier molecular flexibility index (Phi) is 5.73. The van der Waals surface area contributed by atoms with Gasteiger partial charge < -0.3 is 20.5 Å². The molecule has 27 heavy (non-hydrogen) atoms. The third-order valence-corrected chi connectivity index (χ3v) is 4.36. The van der Waals surface area contributed by atoms with Gasteiger partial charge in [0.15, 0.2) is 0 Å². The summed E-state index contributed by atoms with van der Waals surface area (Å²) in [5, 5.41) is 17.0. The molecule has 1 heterocycles. The number of nitrogens with zero attached hydrogens (tertiary/aromatic N) is 1. The van der Waals surface area contributed by atoms with E-state index in [1.807, 2.05) is 6.92 Å². The van der Waals surface area contributed by atoms with Crippen LogP contribution in [0.4, 0.5) is 16.2 Å². The van der Waals surface area contributed by atoms with Crippen LogP contribution in [0.15, 0.2) is 54.6 Å². The molecule has 0 radical (unpaired) electrons. The first-order valence-corrected chi connectivity index (χ1v) is 8.93. The zero-order chi connectivity index (χ0) is 19.3. The Hall–Kier alpha value is -2.90. The predicted molar refractivity (Wildman–Crippen MR) is 102 cm³/mol. The Morgan fingerprint density at radius 3 is 2.63 bits per heavy atom. The van der Waals surface area contributed by atoms with Crippen molar-refractivity contribution in [3.05, 3.63) is 60.2 Å². The van der Waals surface area contributed by atoms with Gasteiger partial charge in [0.1, 0.15) is 0 Å². The number of benzene rings is 2. The van der Waals surface area contributed by atoms with Crippen molar-refractivity contribution in [1.82, 2.24) is 5.32 Å². The molecule has 3 rings (SSSR count). The van der Waals surface area contributed by atoms with E-state index in [0.717, 1.165) is 4.90 Å². The van der Waals surface area contributed by atoms with Gasteiger partial charge in [0.05, 0.1) is 5.69 Å². The lowest BCUT2D eigenvalue weighted by atomic mass is 9.95. The second-order valence-electron chi connectivity index (χ2n) is 6.13. The van der Waals surface area contributed by atoms with Crippen LogP contribution in [0.1, 0.15) is 18.9 Å². The van der Waals surface area contributed by atoms with E-state index < -0.39 is 17.7 Å². The lowest BCUT2D eigenvalue weighted by Gasteiger charge is -2.42. The molecule has 7 heteroatoms. The minimum Gasteiger partial charge on any atom is -0.382 e. The molecule has 2 aromatic rings. The lowest BCUT2D eigenvalue weighted by Crippen LogP contribution is -2.62. The molecule has 1 atom stereocenters. The molecule has 0 spiro atoms. The zero-order valence-electron chi connectivity index (χ0n) is 15.1. The lowest BCUT2D eigenvalue weighted by molar-refractivity contribution is -0.140. The maximum absolute atomic E-state index is 13.0. The number of nitrogens with one attached hydrogen (secondary N) is 2. The summed E-state index contributed by atoms with van der Waals surface area (Å²) in [6.07, 6.45) is 0.606. The largest absolute Gasteiger partial charge is 0.382 e. The highest BCUT2D eigenvalue weighted by atomic mass is 16.5. The van der Waals surface area contributed by atoms with Gasteiger partial charge in [-0.3, -0.25) is 9.69 Å². The zero-order valence-corrected chi connectivity index (χ0v) is 15.1. The third-order valence-electron chi connectivity index (χ3n) is 4.36. The SMILES string of the molecule is CCOCCCNC(=O)[C@]1(O)c2ccccc2NC(=O)N1c1ccccc1. The molecule has 3 N–H and O–H groups in total. The van der Waals surface area contributed by atoms with Gasteiger partial charge in [0.2, 0.25) is 0 Å². The monoisotopic (exact) mass is 369 g/mol. The number of anilines is 2. The second-order valence-corrected chi connectivity index (χ2v) is 6.13. The van der Waals surface area contributed by atoms with Crippen LogP contribution >= 0.6 is 0 Å². The van der Waals surface area contributed by atoms with Gasteiger partial charge in [-0.25, -0.2) is 4.79 Å². The van der Waals surface area contributed by atoms with Crippen molar-refractivity contribution < 1.29 is 19.4 Å². The van der Waals surface area contributed by atoms with Crippen LogP contribution < -0.4 is 15.5 Å². The predicted octanol–water partition coefficient (Wildman–Crippen LogP) is 2.43. The van der Waals surface area contributed by atoms with Crippen molar-refractivity contribution in [3.8, 4) is 0 Å². The van der Waals surface area contributed by atoms with Crippen molar-refractivity contribution in [2.24, 2.45) is 0 Å². The molecule has 7 nitrogen and oxygen atoms in total. The maximum Gasteiger partial charge on any atom is 0.329 e. The summed E-state index contributed by atoms with van der Waals surface area (Å²) in [5.74, 6) is -0.662. The highest BCUT2D eigenvalue weighted by Crippen LogP contribution is 2.39. The van der Waals surface area contributed by atoms with E-state index in [-0.39, 0.29) is 0 Å². The molecule has 0 aromatic heterocycles. The number of fused-ring (bicyclic) bond motifs is 1. The number of rotatable bonds is 7. The normalized spacial score (nSPS) is 18.6. The fraction of sp³-hybridized carbons (Fsp3) is 0.300. The molecule has 0 saturated heterocycles. The molecule has 0 aliphatic carbocycles. The molecule has 1 aliphatic rings.